The van der Waals surface area contributed by atoms with Crippen LogP contribution < -0.4 is 5.73 Å². The second-order valence-corrected chi connectivity index (χ2v) is 4.77. The predicted octanol–water partition coefficient (Wildman–Crippen LogP) is 0.877. The van der Waals surface area contributed by atoms with Crippen LogP contribution in [0.2, 0.25) is 0 Å². The molecule has 0 bridgehead atoms. The average Bonchev–Trinajstić information content (AvgIpc) is 2.67. The van der Waals surface area contributed by atoms with Crippen LogP contribution in [0.5, 0.6) is 0 Å². The molecule has 0 aromatic rings. The summed E-state index contributed by atoms with van der Waals surface area (Å²) in [7, 11) is 0. The van der Waals surface area contributed by atoms with Gasteiger partial charge in [0.15, 0.2) is 5.79 Å². The molecule has 2 atom stereocenters. The fourth-order valence-corrected chi connectivity index (χ4v) is 3.37. The molecule has 0 radical (unpaired) electrons. The van der Waals surface area contributed by atoms with Crippen LogP contribution in [0.3, 0.4) is 0 Å². The minimum absolute atomic E-state index is 0.185. The van der Waals surface area contributed by atoms with Crippen molar-refractivity contribution >= 4 is 0 Å². The number of hydrogen-bond acceptors (Lipinski definition) is 3. The fraction of sp³-hybridized carbons (Fsp3) is 1.00. The Hall–Kier alpha value is -0.120. The van der Waals surface area contributed by atoms with E-state index in [1.165, 1.54) is 12.8 Å². The van der Waals surface area contributed by atoms with E-state index in [9.17, 15) is 0 Å². The van der Waals surface area contributed by atoms with Crippen molar-refractivity contribution in [1.29, 1.82) is 0 Å². The highest BCUT2D eigenvalue weighted by molar-refractivity contribution is 4.98. The molecule has 13 heavy (non-hydrogen) atoms. The molecule has 3 nitrogen and oxygen atoms in total. The highest BCUT2D eigenvalue weighted by Gasteiger charge is 2.52. The lowest BCUT2D eigenvalue weighted by Crippen LogP contribution is -2.28. The summed E-state index contributed by atoms with van der Waals surface area (Å²) >= 11 is 0. The Bertz CT molecular complexity index is 197. The van der Waals surface area contributed by atoms with Gasteiger partial charge in [-0.1, -0.05) is 0 Å². The SMILES string of the molecule is NC1CC2CC3(CC2C1)OCCO3. The normalized spacial score (nSPS) is 47.3. The first-order valence-corrected chi connectivity index (χ1v) is 5.31. The maximum atomic E-state index is 5.93. The zero-order valence-corrected chi connectivity index (χ0v) is 7.87. The van der Waals surface area contributed by atoms with E-state index in [1.807, 2.05) is 0 Å². The van der Waals surface area contributed by atoms with Gasteiger partial charge in [-0.3, -0.25) is 0 Å². The summed E-state index contributed by atoms with van der Waals surface area (Å²) in [6, 6.07) is 0.439. The Balaban J connectivity index is 1.73. The molecule has 0 amide bonds. The van der Waals surface area contributed by atoms with Crippen molar-refractivity contribution in [3.63, 3.8) is 0 Å². The van der Waals surface area contributed by atoms with E-state index >= 15 is 0 Å². The molecule has 1 saturated heterocycles. The average molecular weight is 183 g/mol. The van der Waals surface area contributed by atoms with Gasteiger partial charge >= 0.3 is 0 Å². The molecule has 0 aromatic carbocycles. The molecule has 2 saturated carbocycles. The highest BCUT2D eigenvalue weighted by atomic mass is 16.7. The lowest BCUT2D eigenvalue weighted by Gasteiger charge is -2.22. The summed E-state index contributed by atoms with van der Waals surface area (Å²) in [5, 5.41) is 0. The van der Waals surface area contributed by atoms with Crippen LogP contribution in [0.15, 0.2) is 0 Å². The van der Waals surface area contributed by atoms with E-state index in [1.54, 1.807) is 0 Å². The number of fused-ring (bicyclic) bond motifs is 1. The number of nitrogens with two attached hydrogens (primary N) is 1. The Morgan fingerprint density at radius 1 is 1.00 bits per heavy atom. The van der Waals surface area contributed by atoms with Crippen molar-refractivity contribution in [3.8, 4) is 0 Å². The molecule has 74 valence electrons. The second-order valence-electron chi connectivity index (χ2n) is 4.77. The highest BCUT2D eigenvalue weighted by Crippen LogP contribution is 2.51. The van der Waals surface area contributed by atoms with E-state index in [2.05, 4.69) is 0 Å². The molecule has 0 aromatic heterocycles. The number of rotatable bonds is 0. The van der Waals surface area contributed by atoms with Crippen LogP contribution in [0.25, 0.3) is 0 Å². The molecule has 2 N–H and O–H groups in total. The topological polar surface area (TPSA) is 44.5 Å². The maximum absolute atomic E-state index is 5.93. The third kappa shape index (κ3) is 1.22. The van der Waals surface area contributed by atoms with E-state index in [0.717, 1.165) is 37.9 Å². The maximum Gasteiger partial charge on any atom is 0.169 e. The summed E-state index contributed by atoms with van der Waals surface area (Å²) < 4.78 is 11.4. The lowest BCUT2D eigenvalue weighted by molar-refractivity contribution is -0.155. The summed E-state index contributed by atoms with van der Waals surface area (Å²) in [6.07, 6.45) is 4.54. The number of ether oxygens (including phenoxy) is 2. The summed E-state index contributed by atoms with van der Waals surface area (Å²) in [4.78, 5) is 0. The third-order valence-corrected chi connectivity index (χ3v) is 3.84. The van der Waals surface area contributed by atoms with Crippen LogP contribution in [-0.4, -0.2) is 25.0 Å². The Kier molecular flexibility index (Phi) is 1.70. The third-order valence-electron chi connectivity index (χ3n) is 3.84. The van der Waals surface area contributed by atoms with Crippen molar-refractivity contribution in [1.82, 2.24) is 0 Å². The molecule has 3 aliphatic rings. The monoisotopic (exact) mass is 183 g/mol. The van der Waals surface area contributed by atoms with Crippen LogP contribution >= 0.6 is 0 Å². The fourth-order valence-electron chi connectivity index (χ4n) is 3.37. The van der Waals surface area contributed by atoms with Crippen LogP contribution in [0, 0.1) is 11.8 Å². The molecular weight excluding hydrogens is 166 g/mol. The van der Waals surface area contributed by atoms with Crippen molar-refractivity contribution in [2.45, 2.75) is 37.5 Å². The van der Waals surface area contributed by atoms with Gasteiger partial charge in [0, 0.05) is 18.9 Å². The zero-order chi connectivity index (χ0) is 8.89. The molecule has 1 heterocycles. The van der Waals surface area contributed by atoms with Gasteiger partial charge in [0.05, 0.1) is 13.2 Å². The zero-order valence-electron chi connectivity index (χ0n) is 7.87. The Morgan fingerprint density at radius 2 is 1.54 bits per heavy atom. The van der Waals surface area contributed by atoms with E-state index in [4.69, 9.17) is 15.2 Å². The smallest absolute Gasteiger partial charge is 0.169 e. The molecule has 2 unspecified atom stereocenters. The van der Waals surface area contributed by atoms with Gasteiger partial charge in [0.2, 0.25) is 0 Å². The van der Waals surface area contributed by atoms with Crippen molar-refractivity contribution in [3.05, 3.63) is 0 Å². The van der Waals surface area contributed by atoms with Crippen LogP contribution in [-0.2, 0) is 9.47 Å². The molecular formula is C10H17NO2. The van der Waals surface area contributed by atoms with Crippen molar-refractivity contribution in [2.24, 2.45) is 17.6 Å². The first-order valence-electron chi connectivity index (χ1n) is 5.31. The first-order chi connectivity index (χ1) is 6.27. The first kappa shape index (κ1) is 8.21. The quantitative estimate of drug-likeness (QED) is 0.606. The Morgan fingerprint density at radius 3 is 2.08 bits per heavy atom. The van der Waals surface area contributed by atoms with Gasteiger partial charge in [-0.25, -0.2) is 0 Å². The van der Waals surface area contributed by atoms with Crippen molar-refractivity contribution < 1.29 is 9.47 Å². The van der Waals surface area contributed by atoms with Gasteiger partial charge in [0.25, 0.3) is 0 Å². The van der Waals surface area contributed by atoms with Crippen LogP contribution in [0.1, 0.15) is 25.7 Å². The minimum atomic E-state index is -0.185. The van der Waals surface area contributed by atoms with Gasteiger partial charge < -0.3 is 15.2 Å². The van der Waals surface area contributed by atoms with E-state index in [0.29, 0.717) is 6.04 Å². The molecule has 3 fully saturated rings. The van der Waals surface area contributed by atoms with E-state index < -0.39 is 0 Å². The standard InChI is InChI=1S/C10H17NO2/c11-9-3-7-5-10(6-8(7)4-9)12-1-2-13-10/h7-9H,1-6,11H2. The van der Waals surface area contributed by atoms with Gasteiger partial charge in [0.1, 0.15) is 0 Å². The molecule has 3 heteroatoms. The number of hydrogen-bond donors (Lipinski definition) is 1. The van der Waals surface area contributed by atoms with E-state index in [-0.39, 0.29) is 5.79 Å². The minimum Gasteiger partial charge on any atom is -0.348 e. The predicted molar refractivity (Wildman–Crippen MR) is 48.1 cm³/mol. The van der Waals surface area contributed by atoms with Gasteiger partial charge in [-0.15, -0.1) is 0 Å². The molecule has 3 rings (SSSR count). The summed E-state index contributed by atoms with van der Waals surface area (Å²) in [5.41, 5.74) is 5.93. The lowest BCUT2D eigenvalue weighted by atomic mass is 10.0. The molecule has 1 aliphatic heterocycles. The molecule has 1 spiro atoms. The van der Waals surface area contributed by atoms with Gasteiger partial charge in [-0.2, -0.15) is 0 Å². The van der Waals surface area contributed by atoms with Crippen LogP contribution in [0.4, 0.5) is 0 Å². The molecule has 2 aliphatic carbocycles. The largest absolute Gasteiger partial charge is 0.348 e. The Labute approximate surface area is 78.6 Å². The summed E-state index contributed by atoms with van der Waals surface area (Å²) in [5.74, 6) is 1.36. The second kappa shape index (κ2) is 2.69. The summed E-state index contributed by atoms with van der Waals surface area (Å²) in [6.45, 7) is 1.57. The van der Waals surface area contributed by atoms with Crippen molar-refractivity contribution in [2.75, 3.05) is 13.2 Å². The van der Waals surface area contributed by atoms with Gasteiger partial charge in [-0.05, 0) is 24.7 Å².